The molecule has 1 aliphatic rings. The number of nitrogens with zero attached hydrogens (tertiary/aromatic N) is 3. The van der Waals surface area contributed by atoms with Gasteiger partial charge in [-0.1, -0.05) is 0 Å². The maximum atomic E-state index is 12.3. The van der Waals surface area contributed by atoms with E-state index in [9.17, 15) is 13.6 Å². The van der Waals surface area contributed by atoms with Crippen LogP contribution in [-0.4, -0.2) is 64.8 Å². The van der Waals surface area contributed by atoms with Crippen molar-refractivity contribution in [2.24, 2.45) is 0 Å². The Morgan fingerprint density at radius 2 is 2.23 bits per heavy atom. The van der Waals surface area contributed by atoms with Crippen LogP contribution in [0.1, 0.15) is 25.1 Å². The molecule has 0 bridgehead atoms. The summed E-state index contributed by atoms with van der Waals surface area (Å²) in [6.45, 7) is 1.57. The maximum absolute atomic E-state index is 12.3. The number of aromatic nitrogens is 3. The van der Waals surface area contributed by atoms with Crippen molar-refractivity contribution in [3.05, 3.63) is 12.2 Å². The molecule has 0 atom stereocenters. The summed E-state index contributed by atoms with van der Waals surface area (Å²) < 4.78 is 24.5. The van der Waals surface area contributed by atoms with E-state index >= 15 is 0 Å². The first-order chi connectivity index (χ1) is 10.6. The van der Waals surface area contributed by atoms with Crippen molar-refractivity contribution in [1.82, 2.24) is 30.7 Å². The van der Waals surface area contributed by atoms with Gasteiger partial charge in [-0.3, -0.25) is 10.00 Å². The summed E-state index contributed by atoms with van der Waals surface area (Å²) in [7, 11) is 0. The molecule has 124 valence electrons. The Balaban J connectivity index is 1.54. The lowest BCUT2D eigenvalue weighted by Crippen LogP contribution is -2.48. The van der Waals surface area contributed by atoms with E-state index in [2.05, 4.69) is 25.8 Å². The third-order valence-electron chi connectivity index (χ3n) is 3.66. The summed E-state index contributed by atoms with van der Waals surface area (Å²) in [5.74, 6) is 0.800. The molecule has 2 rings (SSSR count). The summed E-state index contributed by atoms with van der Waals surface area (Å²) in [6, 6.07) is -0.145. The van der Waals surface area contributed by atoms with Gasteiger partial charge >= 0.3 is 6.03 Å². The largest absolute Gasteiger partial charge is 0.338 e. The molecule has 2 heterocycles. The van der Waals surface area contributed by atoms with Crippen LogP contribution in [-0.2, 0) is 6.42 Å². The minimum atomic E-state index is -2.29. The molecule has 0 unspecified atom stereocenters. The number of aryl methyl sites for hydroxylation is 1. The molecule has 0 aliphatic carbocycles. The lowest BCUT2D eigenvalue weighted by molar-refractivity contribution is 0.0737. The van der Waals surface area contributed by atoms with Crippen molar-refractivity contribution in [3.63, 3.8) is 0 Å². The highest BCUT2D eigenvalue weighted by molar-refractivity contribution is 5.74. The number of hydrogen-bond acceptors (Lipinski definition) is 4. The molecule has 2 amide bonds. The van der Waals surface area contributed by atoms with Crippen molar-refractivity contribution in [3.8, 4) is 0 Å². The molecule has 9 heteroatoms. The average molecular weight is 316 g/mol. The van der Waals surface area contributed by atoms with Gasteiger partial charge in [0.15, 0.2) is 0 Å². The number of carbonyl (C=O) groups excluding carboxylic acids is 1. The van der Waals surface area contributed by atoms with Gasteiger partial charge in [-0.25, -0.2) is 18.6 Å². The smallest absolute Gasteiger partial charge is 0.315 e. The number of likely N-dealkylation sites (tertiary alicyclic amines) is 1. The van der Waals surface area contributed by atoms with Crippen LogP contribution in [0.15, 0.2) is 6.33 Å². The van der Waals surface area contributed by atoms with Gasteiger partial charge in [0.05, 0.1) is 6.54 Å². The Bertz CT molecular complexity index is 434. The monoisotopic (exact) mass is 316 g/mol. The molecular weight excluding hydrogens is 294 g/mol. The number of H-pyrrole nitrogens is 1. The minimum Gasteiger partial charge on any atom is -0.338 e. The first kappa shape index (κ1) is 16.6. The quantitative estimate of drug-likeness (QED) is 0.649. The molecule has 1 fully saturated rings. The van der Waals surface area contributed by atoms with Crippen molar-refractivity contribution in [2.75, 3.05) is 26.2 Å². The van der Waals surface area contributed by atoms with E-state index in [4.69, 9.17) is 0 Å². The second-order valence-corrected chi connectivity index (χ2v) is 5.40. The third-order valence-corrected chi connectivity index (χ3v) is 3.66. The molecule has 1 aliphatic heterocycles. The summed E-state index contributed by atoms with van der Waals surface area (Å²) in [6.07, 6.45) is 2.07. The van der Waals surface area contributed by atoms with Gasteiger partial charge in [0, 0.05) is 32.1 Å². The van der Waals surface area contributed by atoms with Crippen LogP contribution < -0.4 is 10.6 Å². The Labute approximate surface area is 127 Å². The summed E-state index contributed by atoms with van der Waals surface area (Å²) in [4.78, 5) is 17.5. The van der Waals surface area contributed by atoms with Crippen LogP contribution in [0.5, 0.6) is 0 Å². The zero-order valence-electron chi connectivity index (χ0n) is 12.4. The SMILES string of the molecule is O=C(NCCCc1ncn[nH]1)NC1CCN(CC(F)F)CC1. The van der Waals surface area contributed by atoms with Crippen LogP contribution >= 0.6 is 0 Å². The second kappa shape index (κ2) is 8.62. The van der Waals surface area contributed by atoms with E-state index in [1.807, 2.05) is 0 Å². The lowest BCUT2D eigenvalue weighted by atomic mass is 10.1. The predicted molar refractivity (Wildman–Crippen MR) is 76.7 cm³/mol. The molecule has 1 aromatic rings. The van der Waals surface area contributed by atoms with Crippen LogP contribution in [0.2, 0.25) is 0 Å². The number of alkyl halides is 2. The molecule has 22 heavy (non-hydrogen) atoms. The van der Waals surface area contributed by atoms with E-state index < -0.39 is 6.43 Å². The fourth-order valence-electron chi connectivity index (χ4n) is 2.50. The van der Waals surface area contributed by atoms with Gasteiger partial charge in [0.2, 0.25) is 0 Å². The molecule has 0 saturated carbocycles. The number of piperidine rings is 1. The van der Waals surface area contributed by atoms with Crippen molar-refractivity contribution in [2.45, 2.75) is 38.2 Å². The van der Waals surface area contributed by atoms with E-state index in [0.29, 0.717) is 32.5 Å². The first-order valence-corrected chi connectivity index (χ1v) is 7.52. The number of halogens is 2. The average Bonchev–Trinajstić information content (AvgIpc) is 2.98. The summed E-state index contributed by atoms with van der Waals surface area (Å²) in [5, 5.41) is 12.2. The number of urea groups is 1. The van der Waals surface area contributed by atoms with Crippen LogP contribution in [0.4, 0.5) is 13.6 Å². The Morgan fingerprint density at radius 3 is 2.86 bits per heavy atom. The highest BCUT2D eigenvalue weighted by atomic mass is 19.3. The molecule has 3 N–H and O–H groups in total. The number of aromatic amines is 1. The molecule has 1 saturated heterocycles. The lowest BCUT2D eigenvalue weighted by Gasteiger charge is -2.31. The van der Waals surface area contributed by atoms with Crippen molar-refractivity contribution >= 4 is 6.03 Å². The van der Waals surface area contributed by atoms with Crippen molar-refractivity contribution in [1.29, 1.82) is 0 Å². The number of carbonyl (C=O) groups is 1. The zero-order chi connectivity index (χ0) is 15.8. The predicted octanol–water partition coefficient (Wildman–Crippen LogP) is 0.766. The Hall–Kier alpha value is -1.77. The van der Waals surface area contributed by atoms with E-state index in [1.165, 1.54) is 6.33 Å². The second-order valence-electron chi connectivity index (χ2n) is 5.40. The number of hydrogen-bond donors (Lipinski definition) is 3. The molecule has 0 aromatic carbocycles. The van der Waals surface area contributed by atoms with Crippen LogP contribution in [0.25, 0.3) is 0 Å². The molecule has 0 radical (unpaired) electrons. The van der Waals surface area contributed by atoms with Gasteiger partial charge < -0.3 is 10.6 Å². The van der Waals surface area contributed by atoms with Gasteiger partial charge in [-0.2, -0.15) is 5.10 Å². The van der Waals surface area contributed by atoms with Crippen LogP contribution in [0.3, 0.4) is 0 Å². The number of nitrogens with one attached hydrogen (secondary N) is 3. The molecule has 0 spiro atoms. The van der Waals surface area contributed by atoms with E-state index in [-0.39, 0.29) is 18.6 Å². The van der Waals surface area contributed by atoms with E-state index in [0.717, 1.165) is 18.7 Å². The first-order valence-electron chi connectivity index (χ1n) is 7.52. The highest BCUT2D eigenvalue weighted by Gasteiger charge is 2.22. The standard InChI is InChI=1S/C13H22F2N6O/c14-11(15)8-21-6-3-10(4-7-21)19-13(22)16-5-1-2-12-17-9-18-20-12/h9-11H,1-8H2,(H2,16,19,22)(H,17,18,20). The molecule has 7 nitrogen and oxygen atoms in total. The maximum Gasteiger partial charge on any atom is 0.315 e. The topological polar surface area (TPSA) is 85.9 Å². The minimum absolute atomic E-state index is 0.0585. The van der Waals surface area contributed by atoms with Gasteiger partial charge in [0.25, 0.3) is 6.43 Å². The summed E-state index contributed by atoms with van der Waals surface area (Å²) in [5.41, 5.74) is 0. The number of amides is 2. The Morgan fingerprint density at radius 1 is 1.45 bits per heavy atom. The van der Waals surface area contributed by atoms with E-state index in [1.54, 1.807) is 4.90 Å². The van der Waals surface area contributed by atoms with Crippen molar-refractivity contribution < 1.29 is 13.6 Å². The summed E-state index contributed by atoms with van der Waals surface area (Å²) >= 11 is 0. The normalized spacial score (nSPS) is 16.9. The number of rotatable bonds is 7. The Kier molecular flexibility index (Phi) is 6.50. The van der Waals surface area contributed by atoms with Crippen LogP contribution in [0, 0.1) is 0 Å². The third kappa shape index (κ3) is 5.92. The highest BCUT2D eigenvalue weighted by Crippen LogP contribution is 2.11. The molecular formula is C13H22F2N6O. The van der Waals surface area contributed by atoms with Gasteiger partial charge in [0.1, 0.15) is 12.2 Å². The molecule has 1 aromatic heterocycles. The fraction of sp³-hybridized carbons (Fsp3) is 0.769. The van der Waals surface area contributed by atoms with Gasteiger partial charge in [-0.15, -0.1) is 0 Å². The zero-order valence-corrected chi connectivity index (χ0v) is 12.4. The fourth-order valence-corrected chi connectivity index (χ4v) is 2.50. The van der Waals surface area contributed by atoms with Gasteiger partial charge in [-0.05, 0) is 19.3 Å².